The smallest absolute Gasteiger partial charge is 0.226 e. The zero-order chi connectivity index (χ0) is 21.3. The molecule has 1 amide bonds. The molecule has 0 aromatic heterocycles. The van der Waals surface area contributed by atoms with E-state index in [9.17, 15) is 15.0 Å². The van der Waals surface area contributed by atoms with E-state index >= 15 is 0 Å². The predicted octanol–water partition coefficient (Wildman–Crippen LogP) is 4.58. The molecule has 4 rings (SSSR count). The summed E-state index contributed by atoms with van der Waals surface area (Å²) in [6, 6.07) is 14.1. The summed E-state index contributed by atoms with van der Waals surface area (Å²) in [5.74, 6) is 0.223. The summed E-state index contributed by atoms with van der Waals surface area (Å²) in [4.78, 5) is 15.1. The molecule has 2 aliphatic rings. The van der Waals surface area contributed by atoms with Gasteiger partial charge in [-0.2, -0.15) is 0 Å². The lowest BCUT2D eigenvalue weighted by atomic mass is 9.83. The molecule has 5 heteroatoms. The van der Waals surface area contributed by atoms with Crippen LogP contribution in [-0.4, -0.2) is 39.2 Å². The Morgan fingerprint density at radius 3 is 2.37 bits per heavy atom. The molecular formula is C25H30ClNO3. The quantitative estimate of drug-likeness (QED) is 0.733. The van der Waals surface area contributed by atoms with E-state index in [1.807, 2.05) is 48.2 Å². The van der Waals surface area contributed by atoms with Crippen LogP contribution in [0.5, 0.6) is 0 Å². The number of aliphatic hydroxyl groups is 2. The number of amides is 1. The number of halogens is 1. The molecule has 2 aromatic rings. The molecule has 160 valence electrons. The summed E-state index contributed by atoms with van der Waals surface area (Å²) in [5.41, 5.74) is 3.40. The fraction of sp³-hybridized carbons (Fsp3) is 0.480. The highest BCUT2D eigenvalue weighted by Gasteiger charge is 2.39. The highest BCUT2D eigenvalue weighted by molar-refractivity contribution is 6.31. The van der Waals surface area contributed by atoms with Gasteiger partial charge in [-0.3, -0.25) is 4.79 Å². The maximum Gasteiger partial charge on any atom is 0.226 e. The average Bonchev–Trinajstić information content (AvgIpc) is 3.10. The zero-order valence-corrected chi connectivity index (χ0v) is 18.2. The Bertz CT molecular complexity index is 899. The van der Waals surface area contributed by atoms with E-state index in [2.05, 4.69) is 6.07 Å². The van der Waals surface area contributed by atoms with Gasteiger partial charge in [-0.1, -0.05) is 48.0 Å². The zero-order valence-electron chi connectivity index (χ0n) is 17.5. The molecule has 30 heavy (non-hydrogen) atoms. The molecule has 0 radical (unpaired) electrons. The summed E-state index contributed by atoms with van der Waals surface area (Å²) in [6.07, 6.45) is 4.83. The van der Waals surface area contributed by atoms with Gasteiger partial charge in [0, 0.05) is 23.5 Å². The number of aliphatic hydroxyl groups excluding tert-OH is 1. The lowest BCUT2D eigenvalue weighted by Gasteiger charge is -2.37. The molecule has 2 N–H and O–H groups in total. The van der Waals surface area contributed by atoms with E-state index in [1.165, 1.54) is 0 Å². The molecular weight excluding hydrogens is 398 g/mol. The van der Waals surface area contributed by atoms with Crippen LogP contribution >= 0.6 is 11.6 Å². The Balaban J connectivity index is 1.41. The molecule has 2 fully saturated rings. The van der Waals surface area contributed by atoms with Gasteiger partial charge in [-0.15, -0.1) is 0 Å². The van der Waals surface area contributed by atoms with Crippen molar-refractivity contribution in [2.45, 2.75) is 63.7 Å². The minimum Gasteiger partial charge on any atom is -0.392 e. The average molecular weight is 428 g/mol. The lowest BCUT2D eigenvalue weighted by Crippen LogP contribution is -2.43. The van der Waals surface area contributed by atoms with Gasteiger partial charge in [-0.05, 0) is 73.8 Å². The Morgan fingerprint density at radius 2 is 1.73 bits per heavy atom. The monoisotopic (exact) mass is 427 g/mol. The van der Waals surface area contributed by atoms with Gasteiger partial charge < -0.3 is 15.1 Å². The van der Waals surface area contributed by atoms with Crippen molar-refractivity contribution in [1.82, 2.24) is 4.90 Å². The second-order valence-corrected chi connectivity index (χ2v) is 9.52. The largest absolute Gasteiger partial charge is 0.392 e. The number of carbonyl (C=O) groups is 1. The van der Waals surface area contributed by atoms with Crippen LogP contribution in [0, 0.1) is 5.92 Å². The molecule has 4 nitrogen and oxygen atoms in total. The lowest BCUT2D eigenvalue weighted by molar-refractivity contribution is -0.134. The maximum absolute atomic E-state index is 13.0. The predicted molar refractivity (Wildman–Crippen MR) is 119 cm³/mol. The summed E-state index contributed by atoms with van der Waals surface area (Å²) < 4.78 is 0. The maximum atomic E-state index is 13.0. The molecule has 0 bridgehead atoms. The molecule has 1 saturated carbocycles. The molecule has 0 spiro atoms. The van der Waals surface area contributed by atoms with Crippen molar-refractivity contribution < 1.29 is 15.0 Å². The van der Waals surface area contributed by atoms with Crippen LogP contribution in [0.4, 0.5) is 0 Å². The Hall–Kier alpha value is -1.88. The normalized spacial score (nSPS) is 26.9. The van der Waals surface area contributed by atoms with Gasteiger partial charge in [0.25, 0.3) is 0 Å². The van der Waals surface area contributed by atoms with Gasteiger partial charge in [0.1, 0.15) is 0 Å². The van der Waals surface area contributed by atoms with E-state index in [0.29, 0.717) is 11.4 Å². The molecule has 1 unspecified atom stereocenters. The second kappa shape index (κ2) is 8.70. The number of nitrogens with zero attached hydrogens (tertiary/aromatic N) is 1. The molecule has 1 atom stereocenters. The SMILES string of the molecule is CC1(O)CCC(N2CCC(Cc3ccc(-c4ccc(CO)cc4)cc3Cl)C2=O)CC1. The third-order valence-corrected chi connectivity index (χ3v) is 7.16. The Kier molecular flexibility index (Phi) is 6.19. The minimum absolute atomic E-state index is 0.0142. The van der Waals surface area contributed by atoms with Gasteiger partial charge in [0.05, 0.1) is 12.2 Å². The molecule has 1 heterocycles. The summed E-state index contributed by atoms with van der Waals surface area (Å²) in [5, 5.41) is 20.1. The first-order valence-electron chi connectivity index (χ1n) is 10.9. The number of rotatable bonds is 5. The van der Waals surface area contributed by atoms with Gasteiger partial charge in [-0.25, -0.2) is 0 Å². The summed E-state index contributed by atoms with van der Waals surface area (Å²) in [7, 11) is 0. The first kappa shape index (κ1) is 21.4. The summed E-state index contributed by atoms with van der Waals surface area (Å²) in [6.45, 7) is 2.74. The second-order valence-electron chi connectivity index (χ2n) is 9.11. The van der Waals surface area contributed by atoms with Gasteiger partial charge in [0.2, 0.25) is 5.91 Å². The van der Waals surface area contributed by atoms with Crippen molar-refractivity contribution in [3.05, 3.63) is 58.6 Å². The van der Waals surface area contributed by atoms with Crippen LogP contribution in [0.2, 0.25) is 5.02 Å². The fourth-order valence-corrected chi connectivity index (χ4v) is 5.07. The van der Waals surface area contributed by atoms with E-state index in [1.54, 1.807) is 0 Å². The third kappa shape index (κ3) is 4.56. The van der Waals surface area contributed by atoms with Crippen LogP contribution in [-0.2, 0) is 17.8 Å². The number of likely N-dealkylation sites (tertiary alicyclic amines) is 1. The van der Waals surface area contributed by atoms with Crippen LogP contribution in [0.1, 0.15) is 50.2 Å². The van der Waals surface area contributed by atoms with Crippen LogP contribution in [0.3, 0.4) is 0 Å². The van der Waals surface area contributed by atoms with Crippen molar-refractivity contribution in [3.63, 3.8) is 0 Å². The minimum atomic E-state index is -0.577. The molecule has 1 saturated heterocycles. The van der Waals surface area contributed by atoms with E-state index < -0.39 is 5.60 Å². The molecule has 1 aliphatic heterocycles. The Labute approximate surface area is 183 Å². The molecule has 1 aliphatic carbocycles. The van der Waals surface area contributed by atoms with Crippen LogP contribution < -0.4 is 0 Å². The number of hydrogen-bond donors (Lipinski definition) is 2. The highest BCUT2D eigenvalue weighted by Crippen LogP contribution is 2.35. The van der Waals surface area contributed by atoms with E-state index in [0.717, 1.165) is 60.9 Å². The first-order valence-corrected chi connectivity index (χ1v) is 11.3. The fourth-order valence-electron chi connectivity index (χ4n) is 4.81. The number of benzene rings is 2. The van der Waals surface area contributed by atoms with Crippen LogP contribution in [0.25, 0.3) is 11.1 Å². The first-order chi connectivity index (χ1) is 14.4. The molecule has 2 aromatic carbocycles. The number of carbonyl (C=O) groups excluding carboxylic acids is 1. The van der Waals surface area contributed by atoms with E-state index in [4.69, 9.17) is 11.6 Å². The van der Waals surface area contributed by atoms with Gasteiger partial charge in [0.15, 0.2) is 0 Å². The standard InChI is InChI=1S/C25H30ClNO3/c1-25(30)11-8-22(9-12-25)27-13-10-21(24(27)29)14-20-7-6-19(15-23(20)26)18-4-2-17(16-28)3-5-18/h2-7,15,21-22,28,30H,8-14,16H2,1H3. The Morgan fingerprint density at radius 1 is 1.07 bits per heavy atom. The third-order valence-electron chi connectivity index (χ3n) is 6.81. The van der Waals surface area contributed by atoms with Crippen LogP contribution in [0.15, 0.2) is 42.5 Å². The topological polar surface area (TPSA) is 60.8 Å². The van der Waals surface area contributed by atoms with Crippen molar-refractivity contribution >= 4 is 17.5 Å². The van der Waals surface area contributed by atoms with Crippen molar-refractivity contribution in [1.29, 1.82) is 0 Å². The van der Waals surface area contributed by atoms with Crippen molar-refractivity contribution in [2.75, 3.05) is 6.54 Å². The highest BCUT2D eigenvalue weighted by atomic mass is 35.5. The number of hydrogen-bond acceptors (Lipinski definition) is 3. The van der Waals surface area contributed by atoms with Crippen molar-refractivity contribution in [2.24, 2.45) is 5.92 Å². The van der Waals surface area contributed by atoms with E-state index in [-0.39, 0.29) is 24.5 Å². The summed E-state index contributed by atoms with van der Waals surface area (Å²) >= 11 is 6.59. The van der Waals surface area contributed by atoms with Crippen molar-refractivity contribution in [3.8, 4) is 11.1 Å². The van der Waals surface area contributed by atoms with Gasteiger partial charge >= 0.3 is 0 Å².